The van der Waals surface area contributed by atoms with E-state index in [4.69, 9.17) is 9.57 Å². The van der Waals surface area contributed by atoms with E-state index in [-0.39, 0.29) is 11.5 Å². The van der Waals surface area contributed by atoms with Gasteiger partial charge in [-0.1, -0.05) is 11.2 Å². The molecule has 4 heterocycles. The van der Waals surface area contributed by atoms with Gasteiger partial charge in [0.2, 0.25) is 5.91 Å². The Balaban J connectivity index is 1.24. The molecular weight excluding hydrogens is 478 g/mol. The van der Waals surface area contributed by atoms with Crippen LogP contribution in [-0.4, -0.2) is 71.4 Å². The van der Waals surface area contributed by atoms with Crippen molar-refractivity contribution in [2.45, 2.75) is 45.3 Å². The summed E-state index contributed by atoms with van der Waals surface area (Å²) >= 11 is 0. The molecule has 1 aromatic heterocycles. The fourth-order valence-corrected chi connectivity index (χ4v) is 5.47. The number of likely N-dealkylation sites (N-methyl/N-ethyl adjacent to an activating group) is 1. The minimum atomic E-state index is -0.949. The number of fused-ring (bicyclic) bond motifs is 1. The first-order valence-electron chi connectivity index (χ1n) is 12.9. The minimum Gasteiger partial charge on any atom is -0.396 e. The highest BCUT2D eigenvalue weighted by Gasteiger charge is 2.46. The molecule has 1 amide bonds. The Labute approximate surface area is 215 Å². The van der Waals surface area contributed by atoms with Gasteiger partial charge in [0.25, 0.3) is 0 Å². The van der Waals surface area contributed by atoms with Crippen LogP contribution in [-0.2, 0) is 20.9 Å². The third kappa shape index (κ3) is 5.15. The van der Waals surface area contributed by atoms with Crippen LogP contribution >= 0.6 is 0 Å². The number of benzene rings is 1. The maximum atomic E-state index is 13.8. The lowest BCUT2D eigenvalue weighted by molar-refractivity contribution is -0.130. The van der Waals surface area contributed by atoms with Crippen LogP contribution in [0.15, 0.2) is 52.8 Å². The Bertz CT molecular complexity index is 1220. The van der Waals surface area contributed by atoms with Crippen molar-refractivity contribution in [2.24, 2.45) is 5.16 Å². The summed E-state index contributed by atoms with van der Waals surface area (Å²) in [6.45, 7) is 8.71. The van der Waals surface area contributed by atoms with E-state index in [1.165, 1.54) is 17.2 Å². The number of ether oxygens (including phenoxy) is 1. The first kappa shape index (κ1) is 25.5. The van der Waals surface area contributed by atoms with Crippen LogP contribution in [0.1, 0.15) is 49.9 Å². The van der Waals surface area contributed by atoms with Crippen molar-refractivity contribution in [3.63, 3.8) is 0 Å². The van der Waals surface area contributed by atoms with Gasteiger partial charge < -0.3 is 14.5 Å². The largest absolute Gasteiger partial charge is 0.396 e. The van der Waals surface area contributed by atoms with Crippen LogP contribution in [0.4, 0.5) is 8.78 Å². The predicted molar refractivity (Wildman–Crippen MR) is 135 cm³/mol. The first-order valence-corrected chi connectivity index (χ1v) is 12.9. The average molecular weight is 511 g/mol. The highest BCUT2D eigenvalue weighted by molar-refractivity contribution is 6.11. The highest BCUT2D eigenvalue weighted by atomic mass is 19.2. The van der Waals surface area contributed by atoms with E-state index in [1.807, 2.05) is 24.0 Å². The second-order valence-corrected chi connectivity index (χ2v) is 9.76. The van der Waals surface area contributed by atoms with Crippen molar-refractivity contribution in [2.75, 3.05) is 39.4 Å². The lowest BCUT2D eigenvalue weighted by atomic mass is 9.80. The van der Waals surface area contributed by atoms with Gasteiger partial charge in [-0.25, -0.2) is 8.78 Å². The van der Waals surface area contributed by atoms with Crippen LogP contribution in [0, 0.1) is 11.6 Å². The number of likely N-dealkylation sites (tertiary alicyclic amines) is 1. The van der Waals surface area contributed by atoms with E-state index >= 15 is 0 Å². The van der Waals surface area contributed by atoms with Gasteiger partial charge in [-0.15, -0.1) is 0 Å². The maximum Gasteiger partial charge on any atom is 0.227 e. The van der Waals surface area contributed by atoms with Crippen molar-refractivity contribution in [3.8, 4) is 0 Å². The Morgan fingerprint density at radius 1 is 1.16 bits per heavy atom. The third-order valence-corrected chi connectivity index (χ3v) is 7.56. The zero-order valence-corrected chi connectivity index (χ0v) is 21.3. The molecule has 3 aliphatic heterocycles. The average Bonchev–Trinajstić information content (AvgIpc) is 3.24. The highest BCUT2D eigenvalue weighted by Crippen LogP contribution is 2.44. The SMILES string of the molecule is CCON=C(c1ccc(F)c(F)c1)c1ccc(CN2CCC3(CC2)OCC2=C3CC(=O)N(CC)C2)cn1. The molecule has 37 heavy (non-hydrogen) atoms. The molecule has 3 aliphatic rings. The van der Waals surface area contributed by atoms with Crippen molar-refractivity contribution in [1.82, 2.24) is 14.8 Å². The van der Waals surface area contributed by atoms with E-state index in [0.717, 1.165) is 56.7 Å². The summed E-state index contributed by atoms with van der Waals surface area (Å²) in [5.41, 5.74) is 4.52. The fourth-order valence-electron chi connectivity index (χ4n) is 5.47. The molecule has 2 aromatic rings. The van der Waals surface area contributed by atoms with E-state index in [0.29, 0.717) is 43.1 Å². The molecule has 0 unspecified atom stereocenters. The summed E-state index contributed by atoms with van der Waals surface area (Å²) in [6.07, 6.45) is 4.02. The van der Waals surface area contributed by atoms with Crippen LogP contribution < -0.4 is 0 Å². The number of carbonyl (C=O) groups excluding carboxylic acids is 1. The number of piperidine rings is 1. The van der Waals surface area contributed by atoms with Crippen molar-refractivity contribution in [3.05, 3.63) is 76.1 Å². The number of aromatic nitrogens is 1. The molecule has 9 heteroatoms. The van der Waals surface area contributed by atoms with E-state index in [2.05, 4.69) is 15.0 Å². The zero-order valence-electron chi connectivity index (χ0n) is 21.3. The Kier molecular flexibility index (Phi) is 7.35. The lowest BCUT2D eigenvalue weighted by Crippen LogP contribution is -2.47. The van der Waals surface area contributed by atoms with E-state index in [9.17, 15) is 13.6 Å². The second-order valence-electron chi connectivity index (χ2n) is 9.76. The molecule has 1 spiro atoms. The molecule has 0 atom stereocenters. The van der Waals surface area contributed by atoms with Crippen molar-refractivity contribution in [1.29, 1.82) is 0 Å². The van der Waals surface area contributed by atoms with Gasteiger partial charge in [0.1, 0.15) is 12.3 Å². The summed E-state index contributed by atoms with van der Waals surface area (Å²) in [4.78, 5) is 26.6. The number of amides is 1. The van der Waals surface area contributed by atoms with Gasteiger partial charge >= 0.3 is 0 Å². The maximum absolute atomic E-state index is 13.8. The molecule has 1 saturated heterocycles. The van der Waals surface area contributed by atoms with Gasteiger partial charge in [-0.3, -0.25) is 14.7 Å². The molecule has 0 N–H and O–H groups in total. The quantitative estimate of drug-likeness (QED) is 0.319. The number of oxime groups is 1. The van der Waals surface area contributed by atoms with Crippen molar-refractivity contribution < 1.29 is 23.1 Å². The lowest BCUT2D eigenvalue weighted by Gasteiger charge is -2.41. The summed E-state index contributed by atoms with van der Waals surface area (Å²) in [6, 6.07) is 7.42. The van der Waals surface area contributed by atoms with Crippen LogP contribution in [0.5, 0.6) is 0 Å². The Hall–Kier alpha value is -3.17. The van der Waals surface area contributed by atoms with Gasteiger partial charge in [0.05, 0.1) is 24.3 Å². The molecule has 1 aromatic carbocycles. The molecule has 0 aliphatic carbocycles. The smallest absolute Gasteiger partial charge is 0.227 e. The molecule has 0 saturated carbocycles. The third-order valence-electron chi connectivity index (χ3n) is 7.56. The molecular formula is C28H32F2N4O3. The van der Waals surface area contributed by atoms with Crippen LogP contribution in [0.2, 0.25) is 0 Å². The van der Waals surface area contributed by atoms with Gasteiger partial charge in [-0.05, 0) is 67.7 Å². The molecule has 5 rings (SSSR count). The molecule has 7 nitrogen and oxygen atoms in total. The summed E-state index contributed by atoms with van der Waals surface area (Å²) < 4.78 is 33.6. The number of halogens is 2. The van der Waals surface area contributed by atoms with E-state index in [1.54, 1.807) is 13.1 Å². The number of nitrogens with zero attached hydrogens (tertiary/aromatic N) is 4. The number of hydrogen-bond acceptors (Lipinski definition) is 6. The van der Waals surface area contributed by atoms with Gasteiger partial charge in [0.15, 0.2) is 11.6 Å². The Morgan fingerprint density at radius 3 is 2.65 bits per heavy atom. The van der Waals surface area contributed by atoms with Crippen LogP contribution in [0.3, 0.4) is 0 Å². The second kappa shape index (κ2) is 10.7. The van der Waals surface area contributed by atoms with E-state index < -0.39 is 11.6 Å². The number of hydrogen-bond donors (Lipinski definition) is 0. The molecule has 0 radical (unpaired) electrons. The standard InChI is InChI=1S/C28H32F2N4O3/c1-3-34-17-21-18-36-28(22(21)14-26(34)35)9-11-33(12-10-28)16-19-5-8-25(31-15-19)27(32-37-4-2)20-6-7-23(29)24(30)13-20/h5-8,13,15H,3-4,9-12,14,16-18H2,1-2H3. The monoisotopic (exact) mass is 510 g/mol. The first-order chi connectivity index (χ1) is 17.9. The predicted octanol–water partition coefficient (Wildman–Crippen LogP) is 4.06. The topological polar surface area (TPSA) is 67.3 Å². The normalized spacial score (nSPS) is 20.1. The molecule has 0 bridgehead atoms. The summed E-state index contributed by atoms with van der Waals surface area (Å²) in [5.74, 6) is -1.66. The van der Waals surface area contributed by atoms with Crippen molar-refractivity contribution >= 4 is 11.6 Å². The zero-order chi connectivity index (χ0) is 26.0. The van der Waals surface area contributed by atoms with Gasteiger partial charge in [0, 0.05) is 44.5 Å². The number of carbonyl (C=O) groups is 1. The van der Waals surface area contributed by atoms with Crippen LogP contribution in [0.25, 0.3) is 0 Å². The van der Waals surface area contributed by atoms with Gasteiger partial charge in [-0.2, -0.15) is 0 Å². The minimum absolute atomic E-state index is 0.204. The summed E-state index contributed by atoms with van der Waals surface area (Å²) in [7, 11) is 0. The summed E-state index contributed by atoms with van der Waals surface area (Å²) in [5, 5.41) is 4.10. The fraction of sp³-hybridized carbons (Fsp3) is 0.464. The number of rotatable bonds is 7. The molecule has 196 valence electrons. The Morgan fingerprint density at radius 2 is 1.97 bits per heavy atom. The number of pyridine rings is 1. The molecule has 1 fully saturated rings.